The lowest BCUT2D eigenvalue weighted by molar-refractivity contribution is 0.0998. The summed E-state index contributed by atoms with van der Waals surface area (Å²) in [7, 11) is 4.19. The van der Waals surface area contributed by atoms with E-state index in [0.29, 0.717) is 5.92 Å². The minimum Gasteiger partial charge on any atom is -0.396 e. The fourth-order valence-electron chi connectivity index (χ4n) is 2.65. The standard InChI is InChI=1S/C16H27NO/c1-11(2)15(10-18)16(17(5)6)14-9-12(3)7-8-13(14)4/h7-9,11,15-16,18H,10H2,1-6H3. The van der Waals surface area contributed by atoms with Gasteiger partial charge in [-0.2, -0.15) is 0 Å². The van der Waals surface area contributed by atoms with Crippen molar-refractivity contribution in [3.05, 3.63) is 34.9 Å². The Hall–Kier alpha value is -0.860. The second kappa shape index (κ2) is 6.35. The van der Waals surface area contributed by atoms with Gasteiger partial charge < -0.3 is 10.0 Å². The summed E-state index contributed by atoms with van der Waals surface area (Å²) in [6.07, 6.45) is 0. The van der Waals surface area contributed by atoms with Crippen LogP contribution in [-0.4, -0.2) is 30.7 Å². The third kappa shape index (κ3) is 3.33. The van der Waals surface area contributed by atoms with Crippen molar-refractivity contribution in [2.75, 3.05) is 20.7 Å². The van der Waals surface area contributed by atoms with Crippen LogP contribution in [0.3, 0.4) is 0 Å². The van der Waals surface area contributed by atoms with Crippen LogP contribution < -0.4 is 0 Å². The second-order valence-corrected chi connectivity index (χ2v) is 5.86. The van der Waals surface area contributed by atoms with E-state index < -0.39 is 0 Å². The van der Waals surface area contributed by atoms with Gasteiger partial charge in [0.15, 0.2) is 0 Å². The van der Waals surface area contributed by atoms with Crippen LogP contribution in [0.15, 0.2) is 18.2 Å². The first kappa shape index (κ1) is 15.2. The molecule has 0 heterocycles. The molecule has 1 rings (SSSR count). The Bertz CT molecular complexity index is 385. The number of hydrogen-bond acceptors (Lipinski definition) is 2. The Labute approximate surface area is 112 Å². The summed E-state index contributed by atoms with van der Waals surface area (Å²) < 4.78 is 0. The lowest BCUT2D eigenvalue weighted by Gasteiger charge is -2.35. The maximum atomic E-state index is 9.71. The highest BCUT2D eigenvalue weighted by molar-refractivity contribution is 5.33. The van der Waals surface area contributed by atoms with Crippen molar-refractivity contribution >= 4 is 0 Å². The van der Waals surface area contributed by atoms with Crippen LogP contribution >= 0.6 is 0 Å². The molecule has 18 heavy (non-hydrogen) atoms. The van der Waals surface area contributed by atoms with Crippen LogP contribution in [0, 0.1) is 25.7 Å². The fraction of sp³-hybridized carbons (Fsp3) is 0.625. The molecule has 0 aliphatic carbocycles. The smallest absolute Gasteiger partial charge is 0.0480 e. The summed E-state index contributed by atoms with van der Waals surface area (Å²) in [6, 6.07) is 6.85. The van der Waals surface area contributed by atoms with E-state index in [-0.39, 0.29) is 18.6 Å². The average Bonchev–Trinajstić information content (AvgIpc) is 2.28. The number of aliphatic hydroxyl groups is 1. The molecule has 0 aliphatic heterocycles. The molecule has 2 atom stereocenters. The molecule has 1 aromatic rings. The predicted molar refractivity (Wildman–Crippen MR) is 77.8 cm³/mol. The molecule has 0 saturated carbocycles. The van der Waals surface area contributed by atoms with Gasteiger partial charge in [-0.15, -0.1) is 0 Å². The molecule has 0 aliphatic rings. The largest absolute Gasteiger partial charge is 0.396 e. The zero-order valence-electron chi connectivity index (χ0n) is 12.6. The highest BCUT2D eigenvalue weighted by atomic mass is 16.3. The second-order valence-electron chi connectivity index (χ2n) is 5.86. The normalized spacial score (nSPS) is 15.2. The van der Waals surface area contributed by atoms with E-state index in [1.807, 2.05) is 0 Å². The summed E-state index contributed by atoms with van der Waals surface area (Å²) in [4.78, 5) is 2.22. The molecule has 1 aromatic carbocycles. The molecule has 1 N–H and O–H groups in total. The van der Waals surface area contributed by atoms with Crippen LogP contribution in [0.25, 0.3) is 0 Å². The van der Waals surface area contributed by atoms with E-state index in [1.165, 1.54) is 16.7 Å². The van der Waals surface area contributed by atoms with E-state index in [0.717, 1.165) is 0 Å². The van der Waals surface area contributed by atoms with Crippen LogP contribution in [0.2, 0.25) is 0 Å². The van der Waals surface area contributed by atoms with Gasteiger partial charge in [-0.1, -0.05) is 37.6 Å². The number of benzene rings is 1. The molecule has 0 saturated heterocycles. The molecule has 0 amide bonds. The third-order valence-electron chi connectivity index (χ3n) is 3.78. The van der Waals surface area contributed by atoms with Crippen molar-refractivity contribution in [2.24, 2.45) is 11.8 Å². The minimum atomic E-state index is 0.230. The molecule has 2 unspecified atom stereocenters. The van der Waals surface area contributed by atoms with Crippen LogP contribution in [0.4, 0.5) is 0 Å². The van der Waals surface area contributed by atoms with Gasteiger partial charge in [0.1, 0.15) is 0 Å². The van der Waals surface area contributed by atoms with E-state index in [2.05, 4.69) is 64.9 Å². The van der Waals surface area contributed by atoms with E-state index >= 15 is 0 Å². The molecule has 0 spiro atoms. The van der Waals surface area contributed by atoms with Gasteiger partial charge in [0.2, 0.25) is 0 Å². The Morgan fingerprint density at radius 2 is 1.78 bits per heavy atom. The number of aryl methyl sites for hydroxylation is 2. The van der Waals surface area contributed by atoms with Gasteiger partial charge in [0.25, 0.3) is 0 Å². The number of hydrogen-bond donors (Lipinski definition) is 1. The molecule has 0 fully saturated rings. The van der Waals surface area contributed by atoms with Gasteiger partial charge in [0, 0.05) is 18.6 Å². The zero-order valence-corrected chi connectivity index (χ0v) is 12.6. The molecule has 102 valence electrons. The summed E-state index contributed by atoms with van der Waals surface area (Å²) in [5, 5.41) is 9.71. The Balaban J connectivity index is 3.23. The van der Waals surface area contributed by atoms with Crippen molar-refractivity contribution in [1.29, 1.82) is 0 Å². The predicted octanol–water partition coefficient (Wildman–Crippen LogP) is 3.17. The number of rotatable bonds is 5. The first-order valence-electron chi connectivity index (χ1n) is 6.73. The van der Waals surface area contributed by atoms with Gasteiger partial charge in [-0.25, -0.2) is 0 Å². The highest BCUT2D eigenvalue weighted by Crippen LogP contribution is 2.33. The third-order valence-corrected chi connectivity index (χ3v) is 3.78. The van der Waals surface area contributed by atoms with Gasteiger partial charge in [-0.05, 0) is 45.0 Å². The molecule has 2 nitrogen and oxygen atoms in total. The summed E-state index contributed by atoms with van der Waals surface area (Å²) in [6.45, 7) is 8.87. The van der Waals surface area contributed by atoms with Crippen molar-refractivity contribution in [2.45, 2.75) is 33.7 Å². The summed E-state index contributed by atoms with van der Waals surface area (Å²) in [5.74, 6) is 0.725. The SMILES string of the molecule is Cc1ccc(C)c(C(C(CO)C(C)C)N(C)C)c1. The van der Waals surface area contributed by atoms with Crippen molar-refractivity contribution in [3.8, 4) is 0 Å². The summed E-state index contributed by atoms with van der Waals surface area (Å²) in [5.41, 5.74) is 3.93. The molecule has 0 bridgehead atoms. The molecule has 0 aromatic heterocycles. The molecule has 2 heteroatoms. The van der Waals surface area contributed by atoms with Crippen molar-refractivity contribution in [1.82, 2.24) is 4.90 Å². The average molecular weight is 249 g/mol. The number of nitrogens with zero attached hydrogens (tertiary/aromatic N) is 1. The topological polar surface area (TPSA) is 23.5 Å². The van der Waals surface area contributed by atoms with E-state index in [9.17, 15) is 5.11 Å². The molecule has 0 radical (unpaired) electrons. The Kier molecular flexibility index (Phi) is 5.36. The van der Waals surface area contributed by atoms with Crippen LogP contribution in [0.1, 0.15) is 36.6 Å². The van der Waals surface area contributed by atoms with E-state index in [4.69, 9.17) is 0 Å². The minimum absolute atomic E-state index is 0.230. The zero-order chi connectivity index (χ0) is 13.9. The van der Waals surface area contributed by atoms with Crippen molar-refractivity contribution < 1.29 is 5.11 Å². The maximum absolute atomic E-state index is 9.71. The first-order valence-corrected chi connectivity index (χ1v) is 6.73. The van der Waals surface area contributed by atoms with Gasteiger partial charge in [0.05, 0.1) is 0 Å². The van der Waals surface area contributed by atoms with Gasteiger partial charge in [-0.3, -0.25) is 0 Å². The lowest BCUT2D eigenvalue weighted by Crippen LogP contribution is -2.33. The number of aliphatic hydroxyl groups excluding tert-OH is 1. The van der Waals surface area contributed by atoms with Crippen molar-refractivity contribution in [3.63, 3.8) is 0 Å². The maximum Gasteiger partial charge on any atom is 0.0480 e. The van der Waals surface area contributed by atoms with Gasteiger partial charge >= 0.3 is 0 Å². The Morgan fingerprint density at radius 3 is 2.22 bits per heavy atom. The van der Waals surface area contributed by atoms with Crippen LogP contribution in [-0.2, 0) is 0 Å². The quantitative estimate of drug-likeness (QED) is 0.866. The highest BCUT2D eigenvalue weighted by Gasteiger charge is 2.28. The summed E-state index contributed by atoms with van der Waals surface area (Å²) >= 11 is 0. The van der Waals surface area contributed by atoms with Crippen LogP contribution in [0.5, 0.6) is 0 Å². The molecular formula is C16H27NO. The molecular weight excluding hydrogens is 222 g/mol. The lowest BCUT2D eigenvalue weighted by atomic mass is 9.82. The monoisotopic (exact) mass is 249 g/mol. The van der Waals surface area contributed by atoms with E-state index in [1.54, 1.807) is 0 Å². The first-order chi connectivity index (χ1) is 8.38. The fourth-order valence-corrected chi connectivity index (χ4v) is 2.65. The Morgan fingerprint density at radius 1 is 1.17 bits per heavy atom.